The largest absolute Gasteiger partial charge is 0.511 e. The van der Waals surface area contributed by atoms with Gasteiger partial charge in [0.2, 0.25) is 0 Å². The summed E-state index contributed by atoms with van der Waals surface area (Å²) < 4.78 is 5.13. The van der Waals surface area contributed by atoms with Gasteiger partial charge in [0.05, 0.1) is 12.5 Å². The van der Waals surface area contributed by atoms with Crippen molar-refractivity contribution in [3.8, 4) is 17.2 Å². The van der Waals surface area contributed by atoms with Crippen molar-refractivity contribution in [2.24, 2.45) is 5.41 Å². The highest BCUT2D eigenvalue weighted by molar-refractivity contribution is 6.23. The Bertz CT molecular complexity index is 963. The normalized spacial score (nSPS) is 16.4. The van der Waals surface area contributed by atoms with E-state index >= 15 is 0 Å². The highest BCUT2D eigenvalue weighted by Crippen LogP contribution is 2.44. The highest BCUT2D eigenvalue weighted by atomic mass is 16.5. The van der Waals surface area contributed by atoms with E-state index in [-0.39, 0.29) is 28.9 Å². The SMILES string of the molecule is COc1cc(O)c(C(C)=O)c(O)c1CC1=C(O)C(C)(C)C(=O)C(C(C)=O)=C1O. The van der Waals surface area contributed by atoms with Crippen molar-refractivity contribution in [1.82, 2.24) is 0 Å². The van der Waals surface area contributed by atoms with Gasteiger partial charge in [-0.25, -0.2) is 0 Å². The lowest BCUT2D eigenvalue weighted by Gasteiger charge is -2.31. The van der Waals surface area contributed by atoms with Gasteiger partial charge < -0.3 is 25.2 Å². The number of aromatic hydroxyl groups is 2. The summed E-state index contributed by atoms with van der Waals surface area (Å²) in [5.74, 6) is -4.28. The number of methoxy groups -OCH3 is 1. The van der Waals surface area contributed by atoms with Gasteiger partial charge in [0.25, 0.3) is 0 Å². The molecule has 150 valence electrons. The molecule has 0 aromatic heterocycles. The molecule has 2 rings (SSSR count). The molecule has 0 atom stereocenters. The van der Waals surface area contributed by atoms with Crippen molar-refractivity contribution >= 4 is 17.3 Å². The summed E-state index contributed by atoms with van der Waals surface area (Å²) in [7, 11) is 1.27. The highest BCUT2D eigenvalue weighted by Gasteiger charge is 2.44. The zero-order valence-electron chi connectivity index (χ0n) is 16.2. The maximum atomic E-state index is 12.5. The smallest absolute Gasteiger partial charge is 0.183 e. The van der Waals surface area contributed by atoms with E-state index in [2.05, 4.69) is 0 Å². The summed E-state index contributed by atoms with van der Waals surface area (Å²) in [6.07, 6.45) is -0.360. The third kappa shape index (κ3) is 3.11. The molecule has 1 aromatic rings. The summed E-state index contributed by atoms with van der Waals surface area (Å²) in [5, 5.41) is 41.6. The van der Waals surface area contributed by atoms with Crippen LogP contribution in [0.5, 0.6) is 17.2 Å². The van der Waals surface area contributed by atoms with Gasteiger partial charge >= 0.3 is 0 Å². The van der Waals surface area contributed by atoms with Gasteiger partial charge in [0.1, 0.15) is 39.9 Å². The van der Waals surface area contributed by atoms with Crippen LogP contribution in [0, 0.1) is 5.41 Å². The molecule has 8 nitrogen and oxygen atoms in total. The average Bonchev–Trinajstić information content (AvgIpc) is 2.58. The molecular weight excluding hydrogens is 368 g/mol. The minimum absolute atomic E-state index is 0.00724. The Labute approximate surface area is 161 Å². The topological polar surface area (TPSA) is 141 Å². The third-order valence-electron chi connectivity index (χ3n) is 4.82. The number of hydrogen-bond acceptors (Lipinski definition) is 8. The average molecular weight is 390 g/mol. The Balaban J connectivity index is 2.78. The molecule has 0 bridgehead atoms. The third-order valence-corrected chi connectivity index (χ3v) is 4.82. The zero-order valence-corrected chi connectivity index (χ0v) is 16.2. The Morgan fingerprint density at radius 3 is 2.11 bits per heavy atom. The number of ketones is 3. The number of phenolic OH excluding ortho intramolecular Hbond substituents is 2. The molecule has 1 aliphatic rings. The molecule has 0 heterocycles. The minimum Gasteiger partial charge on any atom is -0.511 e. The fraction of sp³-hybridized carbons (Fsp3) is 0.350. The first-order valence-corrected chi connectivity index (χ1v) is 8.40. The lowest BCUT2D eigenvalue weighted by atomic mass is 9.73. The predicted octanol–water partition coefficient (Wildman–Crippen LogP) is 2.67. The second-order valence-corrected chi connectivity index (χ2v) is 7.09. The van der Waals surface area contributed by atoms with Crippen LogP contribution in [0.3, 0.4) is 0 Å². The van der Waals surface area contributed by atoms with Crippen molar-refractivity contribution in [3.05, 3.63) is 39.9 Å². The quantitative estimate of drug-likeness (QED) is 0.444. The van der Waals surface area contributed by atoms with Gasteiger partial charge in [-0.2, -0.15) is 0 Å². The molecule has 28 heavy (non-hydrogen) atoms. The van der Waals surface area contributed by atoms with Crippen LogP contribution in [-0.4, -0.2) is 44.9 Å². The van der Waals surface area contributed by atoms with E-state index in [0.717, 1.165) is 19.9 Å². The minimum atomic E-state index is -1.48. The molecule has 0 spiro atoms. The maximum absolute atomic E-state index is 12.5. The van der Waals surface area contributed by atoms with E-state index in [0.29, 0.717) is 0 Å². The van der Waals surface area contributed by atoms with Crippen LogP contribution >= 0.6 is 0 Å². The first kappa shape index (κ1) is 21.0. The lowest BCUT2D eigenvalue weighted by molar-refractivity contribution is -0.126. The summed E-state index contributed by atoms with van der Waals surface area (Å²) >= 11 is 0. The lowest BCUT2D eigenvalue weighted by Crippen LogP contribution is -2.36. The number of rotatable bonds is 5. The number of phenols is 2. The molecule has 0 aliphatic heterocycles. The fourth-order valence-electron chi connectivity index (χ4n) is 3.21. The standard InChI is InChI=1S/C20H22O8/c1-8(21)14-12(23)7-13(28-5)10(16(14)24)6-11-17(25)15(9(2)22)19(27)20(3,4)18(11)26/h7,23-26H,6H2,1-5H3. The van der Waals surface area contributed by atoms with Gasteiger partial charge in [-0.3, -0.25) is 14.4 Å². The number of Topliss-reactive ketones (excluding diaryl/α,β-unsaturated/α-hetero) is 3. The van der Waals surface area contributed by atoms with Crippen molar-refractivity contribution < 1.29 is 39.5 Å². The molecule has 0 saturated heterocycles. The number of benzene rings is 1. The van der Waals surface area contributed by atoms with E-state index in [1.165, 1.54) is 21.0 Å². The van der Waals surface area contributed by atoms with Gasteiger partial charge in [0, 0.05) is 23.6 Å². The Morgan fingerprint density at radius 2 is 1.64 bits per heavy atom. The van der Waals surface area contributed by atoms with E-state index in [9.17, 15) is 34.8 Å². The molecular formula is C20H22O8. The number of carbonyl (C=O) groups is 3. The summed E-state index contributed by atoms with van der Waals surface area (Å²) in [6, 6.07) is 1.12. The van der Waals surface area contributed by atoms with Gasteiger partial charge in [-0.05, 0) is 27.7 Å². The Hall–Kier alpha value is -3.29. The monoisotopic (exact) mass is 390 g/mol. The molecule has 1 aliphatic carbocycles. The number of aliphatic hydroxyl groups excluding tert-OH is 2. The van der Waals surface area contributed by atoms with Crippen molar-refractivity contribution in [2.75, 3.05) is 7.11 Å². The Morgan fingerprint density at radius 1 is 1.07 bits per heavy atom. The summed E-state index contributed by atoms with van der Waals surface area (Å²) in [6.45, 7) is 5.06. The second kappa shape index (κ2) is 7.03. The number of carbonyl (C=O) groups excluding carboxylic acids is 3. The maximum Gasteiger partial charge on any atom is 0.183 e. The van der Waals surface area contributed by atoms with Crippen LogP contribution in [0.2, 0.25) is 0 Å². The molecule has 0 saturated carbocycles. The van der Waals surface area contributed by atoms with Crippen molar-refractivity contribution in [2.45, 2.75) is 34.1 Å². The van der Waals surface area contributed by atoms with Crippen molar-refractivity contribution in [1.29, 1.82) is 0 Å². The van der Waals surface area contributed by atoms with Gasteiger partial charge in [0.15, 0.2) is 17.3 Å². The van der Waals surface area contributed by atoms with Gasteiger partial charge in [-0.1, -0.05) is 0 Å². The number of hydrogen-bond donors (Lipinski definition) is 4. The first-order valence-electron chi connectivity index (χ1n) is 8.40. The first-order chi connectivity index (χ1) is 12.9. The van der Waals surface area contributed by atoms with Crippen LogP contribution in [-0.2, 0) is 16.0 Å². The van der Waals surface area contributed by atoms with Crippen LogP contribution < -0.4 is 4.74 Å². The molecule has 8 heteroatoms. The van der Waals surface area contributed by atoms with Crippen molar-refractivity contribution in [3.63, 3.8) is 0 Å². The molecule has 0 unspecified atom stereocenters. The van der Waals surface area contributed by atoms with E-state index in [1.807, 2.05) is 0 Å². The Kier molecular flexibility index (Phi) is 5.28. The van der Waals surface area contributed by atoms with E-state index in [4.69, 9.17) is 4.74 Å². The molecule has 1 aromatic carbocycles. The van der Waals surface area contributed by atoms with E-state index in [1.54, 1.807) is 0 Å². The number of ether oxygens (including phenoxy) is 1. The van der Waals surface area contributed by atoms with Crippen LogP contribution in [0.15, 0.2) is 28.7 Å². The zero-order chi connectivity index (χ0) is 21.5. The number of allylic oxidation sites excluding steroid dienone is 3. The van der Waals surface area contributed by atoms with Gasteiger partial charge in [-0.15, -0.1) is 0 Å². The molecule has 0 radical (unpaired) electrons. The molecule has 0 amide bonds. The van der Waals surface area contributed by atoms with Crippen LogP contribution in [0.4, 0.5) is 0 Å². The predicted molar refractivity (Wildman–Crippen MR) is 98.8 cm³/mol. The molecule has 0 fully saturated rings. The van der Waals surface area contributed by atoms with Crippen LogP contribution in [0.25, 0.3) is 0 Å². The molecule has 4 N–H and O–H groups in total. The van der Waals surface area contributed by atoms with E-state index < -0.39 is 51.4 Å². The van der Waals surface area contributed by atoms with Crippen LogP contribution in [0.1, 0.15) is 43.6 Å². The summed E-state index contributed by atoms with van der Waals surface area (Å²) in [5.41, 5.74) is -2.46. The second-order valence-electron chi connectivity index (χ2n) is 7.09. The fourth-order valence-corrected chi connectivity index (χ4v) is 3.21. The summed E-state index contributed by atoms with van der Waals surface area (Å²) in [4.78, 5) is 36.2. The number of aliphatic hydroxyl groups is 2.